The molecule has 2 aromatic rings. The number of amides is 1. The summed E-state index contributed by atoms with van der Waals surface area (Å²) in [5.74, 6) is 1.15. The largest absolute Gasteiger partial charge is 0.474 e. The van der Waals surface area contributed by atoms with Crippen molar-refractivity contribution >= 4 is 5.91 Å². The van der Waals surface area contributed by atoms with Crippen LogP contribution < -0.4 is 4.74 Å². The lowest BCUT2D eigenvalue weighted by Crippen LogP contribution is -2.42. The topological polar surface area (TPSA) is 68.5 Å². The van der Waals surface area contributed by atoms with Gasteiger partial charge in [-0.3, -0.25) is 4.79 Å². The Labute approximate surface area is 153 Å². The molecule has 1 aliphatic heterocycles. The molecule has 1 saturated carbocycles. The molecule has 0 N–H and O–H groups in total. The highest BCUT2D eigenvalue weighted by Crippen LogP contribution is 2.40. The van der Waals surface area contributed by atoms with Gasteiger partial charge in [-0.15, -0.1) is 0 Å². The third-order valence-corrected chi connectivity index (χ3v) is 4.81. The molecular formula is C18H18F3N3O3. The van der Waals surface area contributed by atoms with Crippen molar-refractivity contribution < 1.29 is 27.2 Å². The zero-order valence-corrected chi connectivity index (χ0v) is 14.4. The summed E-state index contributed by atoms with van der Waals surface area (Å²) in [5.41, 5.74) is -0.492. The van der Waals surface area contributed by atoms with Crippen LogP contribution in [0.5, 0.6) is 5.88 Å². The first kappa shape index (κ1) is 17.8. The zero-order valence-electron chi connectivity index (χ0n) is 14.4. The van der Waals surface area contributed by atoms with Gasteiger partial charge in [-0.1, -0.05) is 5.16 Å². The molecule has 144 valence electrons. The molecule has 0 unspecified atom stereocenters. The molecule has 0 spiro atoms. The van der Waals surface area contributed by atoms with Gasteiger partial charge in [0, 0.05) is 50.2 Å². The van der Waals surface area contributed by atoms with E-state index < -0.39 is 11.7 Å². The fourth-order valence-electron chi connectivity index (χ4n) is 3.08. The van der Waals surface area contributed by atoms with Crippen LogP contribution in [0.1, 0.15) is 53.4 Å². The lowest BCUT2D eigenvalue weighted by Gasteiger charge is -2.31. The van der Waals surface area contributed by atoms with Crippen molar-refractivity contribution in [2.45, 2.75) is 43.9 Å². The molecule has 6 nitrogen and oxygen atoms in total. The summed E-state index contributed by atoms with van der Waals surface area (Å²) in [6.07, 6.45) is -0.567. The van der Waals surface area contributed by atoms with Crippen LogP contribution >= 0.6 is 0 Å². The lowest BCUT2D eigenvalue weighted by atomic mass is 10.1. The second kappa shape index (κ2) is 6.86. The van der Waals surface area contributed by atoms with Crippen LogP contribution in [0.3, 0.4) is 0 Å². The van der Waals surface area contributed by atoms with E-state index >= 15 is 0 Å². The Morgan fingerprint density at radius 2 is 1.93 bits per heavy atom. The summed E-state index contributed by atoms with van der Waals surface area (Å²) in [6, 6.07) is 3.88. The van der Waals surface area contributed by atoms with E-state index in [0.717, 1.165) is 30.9 Å². The number of hydrogen-bond acceptors (Lipinski definition) is 5. The van der Waals surface area contributed by atoms with Gasteiger partial charge in [0.05, 0.1) is 5.56 Å². The smallest absolute Gasteiger partial charge is 0.417 e. The van der Waals surface area contributed by atoms with Crippen LogP contribution in [0.4, 0.5) is 13.2 Å². The molecule has 0 radical (unpaired) electrons. The molecule has 1 saturated heterocycles. The highest BCUT2D eigenvalue weighted by atomic mass is 19.4. The summed E-state index contributed by atoms with van der Waals surface area (Å²) >= 11 is 0. The van der Waals surface area contributed by atoms with Gasteiger partial charge in [0.2, 0.25) is 5.88 Å². The number of nitrogens with zero attached hydrogens (tertiary/aromatic N) is 3. The van der Waals surface area contributed by atoms with Crippen LogP contribution in [0.15, 0.2) is 28.9 Å². The molecule has 0 bridgehead atoms. The quantitative estimate of drug-likeness (QED) is 0.809. The molecule has 2 aromatic heterocycles. The standard InChI is InChI=1S/C18H18F3N3O3/c19-18(20,21)12-3-4-16(22-10-12)26-13-5-7-24(8-6-13)17(25)14-9-15(27-23-14)11-1-2-11/h3-4,9-11,13H,1-2,5-8H2. The molecule has 3 heterocycles. The van der Waals surface area contributed by atoms with Gasteiger partial charge in [0.25, 0.3) is 5.91 Å². The Hall–Kier alpha value is -2.58. The van der Waals surface area contributed by atoms with Crippen LogP contribution in [-0.2, 0) is 6.18 Å². The summed E-state index contributed by atoms with van der Waals surface area (Å²) in [5, 5.41) is 3.87. The van der Waals surface area contributed by atoms with Crippen LogP contribution in [0.25, 0.3) is 0 Å². The molecule has 2 aliphatic rings. The second-order valence-corrected chi connectivity index (χ2v) is 6.88. The monoisotopic (exact) mass is 381 g/mol. The highest BCUT2D eigenvalue weighted by molar-refractivity contribution is 5.92. The Balaban J connectivity index is 1.30. The van der Waals surface area contributed by atoms with Crippen molar-refractivity contribution in [1.29, 1.82) is 0 Å². The number of piperidine rings is 1. The third-order valence-electron chi connectivity index (χ3n) is 4.81. The molecule has 4 rings (SSSR count). The number of hydrogen-bond donors (Lipinski definition) is 0. The number of carbonyl (C=O) groups is 1. The van der Waals surface area contributed by atoms with E-state index in [1.807, 2.05) is 0 Å². The van der Waals surface area contributed by atoms with Gasteiger partial charge in [0.15, 0.2) is 5.69 Å². The van der Waals surface area contributed by atoms with Gasteiger partial charge in [-0.2, -0.15) is 13.2 Å². The number of rotatable bonds is 4. The minimum Gasteiger partial charge on any atom is -0.474 e. The lowest BCUT2D eigenvalue weighted by molar-refractivity contribution is -0.137. The Morgan fingerprint density at radius 1 is 1.19 bits per heavy atom. The molecule has 9 heteroatoms. The molecule has 1 aliphatic carbocycles. The highest BCUT2D eigenvalue weighted by Gasteiger charge is 2.32. The summed E-state index contributed by atoms with van der Waals surface area (Å²) in [4.78, 5) is 17.9. The average molecular weight is 381 g/mol. The van der Waals surface area contributed by atoms with E-state index in [4.69, 9.17) is 9.26 Å². The van der Waals surface area contributed by atoms with Gasteiger partial charge < -0.3 is 14.2 Å². The van der Waals surface area contributed by atoms with Crippen molar-refractivity contribution in [3.63, 3.8) is 0 Å². The molecule has 0 aromatic carbocycles. The van der Waals surface area contributed by atoms with Crippen molar-refractivity contribution in [2.75, 3.05) is 13.1 Å². The SMILES string of the molecule is O=C(c1cc(C2CC2)on1)N1CCC(Oc2ccc(C(F)(F)F)cn2)CC1. The van der Waals surface area contributed by atoms with Crippen molar-refractivity contribution in [2.24, 2.45) is 0 Å². The first-order chi connectivity index (χ1) is 12.9. The van der Waals surface area contributed by atoms with E-state index in [1.165, 1.54) is 6.07 Å². The van der Waals surface area contributed by atoms with Crippen molar-refractivity contribution in [1.82, 2.24) is 15.0 Å². The number of likely N-dealkylation sites (tertiary alicyclic amines) is 1. The maximum atomic E-state index is 12.6. The normalized spacial score (nSPS) is 18.6. The predicted molar refractivity (Wildman–Crippen MR) is 87.3 cm³/mol. The predicted octanol–water partition coefficient (Wildman–Crippen LogP) is 3.65. The van der Waals surface area contributed by atoms with E-state index in [2.05, 4.69) is 10.1 Å². The summed E-state index contributed by atoms with van der Waals surface area (Å²) < 4.78 is 48.5. The van der Waals surface area contributed by atoms with Crippen molar-refractivity contribution in [3.05, 3.63) is 41.4 Å². The molecule has 27 heavy (non-hydrogen) atoms. The molecule has 1 amide bonds. The number of pyridine rings is 1. The second-order valence-electron chi connectivity index (χ2n) is 6.88. The van der Waals surface area contributed by atoms with Crippen molar-refractivity contribution in [3.8, 4) is 5.88 Å². The first-order valence-corrected chi connectivity index (χ1v) is 8.86. The molecule has 0 atom stereocenters. The number of carbonyl (C=O) groups excluding carboxylic acids is 1. The maximum absolute atomic E-state index is 12.6. The maximum Gasteiger partial charge on any atom is 0.417 e. The number of ether oxygens (including phenoxy) is 1. The summed E-state index contributed by atoms with van der Waals surface area (Å²) in [7, 11) is 0. The molecule has 2 fully saturated rings. The minimum atomic E-state index is -4.42. The Morgan fingerprint density at radius 3 is 2.52 bits per heavy atom. The fourth-order valence-corrected chi connectivity index (χ4v) is 3.08. The van der Waals surface area contributed by atoms with Gasteiger partial charge >= 0.3 is 6.18 Å². The number of aromatic nitrogens is 2. The zero-order chi connectivity index (χ0) is 19.0. The van der Waals surface area contributed by atoms with E-state index in [9.17, 15) is 18.0 Å². The van der Waals surface area contributed by atoms with Gasteiger partial charge in [-0.25, -0.2) is 4.98 Å². The van der Waals surface area contributed by atoms with E-state index in [1.54, 1.807) is 11.0 Å². The molecular weight excluding hydrogens is 363 g/mol. The summed E-state index contributed by atoms with van der Waals surface area (Å²) in [6.45, 7) is 0.964. The number of halogens is 3. The fraction of sp³-hybridized carbons (Fsp3) is 0.500. The third kappa shape index (κ3) is 4.06. The van der Waals surface area contributed by atoms with E-state index in [0.29, 0.717) is 37.5 Å². The van der Waals surface area contributed by atoms with E-state index in [-0.39, 0.29) is 17.9 Å². The van der Waals surface area contributed by atoms with Gasteiger partial charge in [0.1, 0.15) is 11.9 Å². The average Bonchev–Trinajstić information content (AvgIpc) is 3.38. The van der Waals surface area contributed by atoms with Crippen LogP contribution in [-0.4, -0.2) is 40.1 Å². The number of alkyl halides is 3. The van der Waals surface area contributed by atoms with Gasteiger partial charge in [-0.05, 0) is 18.9 Å². The Kier molecular flexibility index (Phi) is 4.53. The first-order valence-electron chi connectivity index (χ1n) is 8.86. The van der Waals surface area contributed by atoms with Crippen LogP contribution in [0, 0.1) is 0 Å². The Bertz CT molecular complexity index is 807. The minimum absolute atomic E-state index is 0.151. The van der Waals surface area contributed by atoms with Crippen LogP contribution in [0.2, 0.25) is 0 Å².